The van der Waals surface area contributed by atoms with E-state index in [1.165, 1.54) is 16.0 Å². The molecule has 132 valence electrons. The van der Waals surface area contributed by atoms with E-state index in [2.05, 4.69) is 29.6 Å². The quantitative estimate of drug-likeness (QED) is 0.776. The third kappa shape index (κ3) is 6.30. The third-order valence-corrected chi connectivity index (χ3v) is 4.10. The van der Waals surface area contributed by atoms with Crippen LogP contribution in [0, 0.1) is 0 Å². The Morgan fingerprint density at radius 3 is 2.24 bits per heavy atom. The number of urea groups is 1. The number of carbonyl (C=O) groups excluding carboxylic acids is 1. The van der Waals surface area contributed by atoms with Gasteiger partial charge in [0.1, 0.15) is 0 Å². The van der Waals surface area contributed by atoms with E-state index in [1.807, 2.05) is 36.4 Å². The Hall–Kier alpha value is -2.82. The molecule has 2 rings (SSSR count). The molecule has 0 saturated heterocycles. The van der Waals surface area contributed by atoms with Crippen LogP contribution in [0.1, 0.15) is 23.5 Å². The van der Waals surface area contributed by atoms with E-state index in [-0.39, 0.29) is 24.9 Å². The van der Waals surface area contributed by atoms with Crippen LogP contribution in [0.2, 0.25) is 0 Å². The van der Waals surface area contributed by atoms with Gasteiger partial charge in [0.05, 0.1) is 6.42 Å². The summed E-state index contributed by atoms with van der Waals surface area (Å²) in [6.07, 6.45) is 0.764. The zero-order chi connectivity index (χ0) is 18.1. The molecular weight excluding hydrogens is 316 g/mol. The molecule has 2 amide bonds. The summed E-state index contributed by atoms with van der Waals surface area (Å²) in [5.74, 6) is -0.758. The number of aliphatic carboxylic acids is 1. The Morgan fingerprint density at radius 1 is 1.04 bits per heavy atom. The van der Waals surface area contributed by atoms with E-state index in [0.717, 1.165) is 6.42 Å². The second kappa shape index (κ2) is 9.47. The van der Waals surface area contributed by atoms with Crippen LogP contribution in [0.25, 0.3) is 0 Å². The number of hydrogen-bond acceptors (Lipinski definition) is 2. The van der Waals surface area contributed by atoms with Gasteiger partial charge in [-0.25, -0.2) is 4.79 Å². The van der Waals surface area contributed by atoms with Crippen LogP contribution >= 0.6 is 0 Å². The molecule has 0 bridgehead atoms. The molecule has 1 unspecified atom stereocenters. The molecule has 0 spiro atoms. The van der Waals surface area contributed by atoms with Crippen molar-refractivity contribution in [1.29, 1.82) is 0 Å². The van der Waals surface area contributed by atoms with Gasteiger partial charge in [-0.05, 0) is 17.5 Å². The molecule has 2 aromatic carbocycles. The first-order valence-corrected chi connectivity index (χ1v) is 8.36. The van der Waals surface area contributed by atoms with Crippen molar-refractivity contribution >= 4 is 12.0 Å². The number of carboxylic acids is 1. The number of amides is 2. The first-order valence-electron chi connectivity index (χ1n) is 8.36. The van der Waals surface area contributed by atoms with Crippen LogP contribution in [-0.4, -0.2) is 42.1 Å². The highest BCUT2D eigenvalue weighted by molar-refractivity contribution is 5.75. The van der Waals surface area contributed by atoms with Crippen molar-refractivity contribution in [2.45, 2.75) is 18.8 Å². The zero-order valence-corrected chi connectivity index (χ0v) is 14.4. The summed E-state index contributed by atoms with van der Waals surface area (Å²) in [5.41, 5.74) is 2.38. The van der Waals surface area contributed by atoms with Gasteiger partial charge in [-0.15, -0.1) is 0 Å². The fourth-order valence-corrected chi connectivity index (χ4v) is 2.64. The highest BCUT2D eigenvalue weighted by atomic mass is 16.4. The maximum Gasteiger partial charge on any atom is 0.317 e. The predicted octanol–water partition coefficient (Wildman–Crippen LogP) is 3.13. The Kier molecular flexibility index (Phi) is 7.01. The summed E-state index contributed by atoms with van der Waals surface area (Å²) in [4.78, 5) is 24.2. The molecule has 5 nitrogen and oxygen atoms in total. The van der Waals surface area contributed by atoms with Gasteiger partial charge in [-0.3, -0.25) is 4.79 Å². The molecule has 0 heterocycles. The minimum atomic E-state index is -0.911. The number of rotatable bonds is 8. The normalized spacial score (nSPS) is 11.6. The standard InChI is InChI=1S/C20H24N2O3/c1-22(13-12-19(23)24)20(25)21-15-18(17-10-6-3-7-11-17)14-16-8-4-2-5-9-16/h2-11,18H,12-15H2,1H3,(H,21,25)(H,23,24). The molecule has 0 saturated carbocycles. The van der Waals surface area contributed by atoms with E-state index < -0.39 is 5.97 Å². The van der Waals surface area contributed by atoms with Gasteiger partial charge in [0, 0.05) is 26.1 Å². The highest BCUT2D eigenvalue weighted by Gasteiger charge is 2.16. The zero-order valence-electron chi connectivity index (χ0n) is 14.4. The number of carboxylic acid groups (broad SMARTS) is 1. The summed E-state index contributed by atoms with van der Waals surface area (Å²) in [6.45, 7) is 0.686. The summed E-state index contributed by atoms with van der Waals surface area (Å²) >= 11 is 0. The van der Waals surface area contributed by atoms with Crippen molar-refractivity contribution in [2.75, 3.05) is 20.1 Å². The Labute approximate surface area is 148 Å². The van der Waals surface area contributed by atoms with Gasteiger partial charge >= 0.3 is 12.0 Å². The molecule has 25 heavy (non-hydrogen) atoms. The highest BCUT2D eigenvalue weighted by Crippen LogP contribution is 2.20. The third-order valence-electron chi connectivity index (χ3n) is 4.10. The second-order valence-corrected chi connectivity index (χ2v) is 6.05. The molecule has 0 aliphatic rings. The lowest BCUT2D eigenvalue weighted by molar-refractivity contribution is -0.137. The summed E-state index contributed by atoms with van der Waals surface area (Å²) in [6, 6.07) is 20.0. The second-order valence-electron chi connectivity index (χ2n) is 6.05. The molecular formula is C20H24N2O3. The SMILES string of the molecule is CN(CCC(=O)O)C(=O)NCC(Cc1ccccc1)c1ccccc1. The van der Waals surface area contributed by atoms with Crippen LogP contribution in [0.3, 0.4) is 0 Å². The van der Waals surface area contributed by atoms with Gasteiger partial charge < -0.3 is 15.3 Å². The molecule has 0 aliphatic carbocycles. The average Bonchev–Trinajstić information content (AvgIpc) is 2.64. The Morgan fingerprint density at radius 2 is 1.64 bits per heavy atom. The van der Waals surface area contributed by atoms with Crippen LogP contribution in [0.4, 0.5) is 4.79 Å². The van der Waals surface area contributed by atoms with Crippen molar-refractivity contribution in [1.82, 2.24) is 10.2 Å². The lowest BCUT2D eigenvalue weighted by Crippen LogP contribution is -2.40. The summed E-state index contributed by atoms with van der Waals surface area (Å²) < 4.78 is 0. The number of benzene rings is 2. The van der Waals surface area contributed by atoms with E-state index in [0.29, 0.717) is 6.54 Å². The van der Waals surface area contributed by atoms with Crippen molar-refractivity contribution < 1.29 is 14.7 Å². The number of carbonyl (C=O) groups is 2. The monoisotopic (exact) mass is 340 g/mol. The van der Waals surface area contributed by atoms with E-state index >= 15 is 0 Å². The molecule has 0 fully saturated rings. The van der Waals surface area contributed by atoms with Gasteiger partial charge in [0.2, 0.25) is 0 Å². The van der Waals surface area contributed by atoms with Crippen molar-refractivity contribution in [2.24, 2.45) is 0 Å². The average molecular weight is 340 g/mol. The van der Waals surface area contributed by atoms with Gasteiger partial charge in [-0.1, -0.05) is 60.7 Å². The smallest absolute Gasteiger partial charge is 0.317 e. The van der Waals surface area contributed by atoms with Crippen LogP contribution in [-0.2, 0) is 11.2 Å². The molecule has 0 aromatic heterocycles. The van der Waals surface area contributed by atoms with Crippen molar-refractivity contribution in [3.8, 4) is 0 Å². The lowest BCUT2D eigenvalue weighted by atomic mass is 9.92. The summed E-state index contributed by atoms with van der Waals surface area (Å²) in [7, 11) is 1.60. The first-order chi connectivity index (χ1) is 12.1. The first kappa shape index (κ1) is 18.5. The van der Waals surface area contributed by atoms with Crippen LogP contribution < -0.4 is 5.32 Å². The van der Waals surface area contributed by atoms with Crippen molar-refractivity contribution in [3.63, 3.8) is 0 Å². The molecule has 0 aliphatic heterocycles. The molecule has 1 atom stereocenters. The Bertz CT molecular complexity index is 674. The van der Waals surface area contributed by atoms with Gasteiger partial charge in [0.25, 0.3) is 0 Å². The summed E-state index contributed by atoms with van der Waals surface area (Å²) in [5, 5.41) is 11.6. The maximum atomic E-state index is 12.2. The van der Waals surface area contributed by atoms with E-state index in [1.54, 1.807) is 7.05 Å². The fourth-order valence-electron chi connectivity index (χ4n) is 2.64. The number of nitrogens with zero attached hydrogens (tertiary/aromatic N) is 1. The van der Waals surface area contributed by atoms with Gasteiger partial charge in [0.15, 0.2) is 0 Å². The van der Waals surface area contributed by atoms with E-state index in [9.17, 15) is 9.59 Å². The van der Waals surface area contributed by atoms with Gasteiger partial charge in [-0.2, -0.15) is 0 Å². The minimum Gasteiger partial charge on any atom is -0.481 e. The Balaban J connectivity index is 1.99. The van der Waals surface area contributed by atoms with E-state index in [4.69, 9.17) is 5.11 Å². The van der Waals surface area contributed by atoms with Crippen LogP contribution in [0.15, 0.2) is 60.7 Å². The molecule has 2 N–H and O–H groups in total. The predicted molar refractivity (Wildman–Crippen MR) is 97.6 cm³/mol. The van der Waals surface area contributed by atoms with Crippen molar-refractivity contribution in [3.05, 3.63) is 71.8 Å². The number of nitrogens with one attached hydrogen (secondary N) is 1. The maximum absolute atomic E-state index is 12.2. The topological polar surface area (TPSA) is 69.6 Å². The molecule has 2 aromatic rings. The largest absolute Gasteiger partial charge is 0.481 e. The molecule has 0 radical (unpaired) electrons. The number of hydrogen-bond donors (Lipinski definition) is 2. The van der Waals surface area contributed by atoms with Crippen LogP contribution in [0.5, 0.6) is 0 Å². The lowest BCUT2D eigenvalue weighted by Gasteiger charge is -2.22. The fraction of sp³-hybridized carbons (Fsp3) is 0.300. The minimum absolute atomic E-state index is 0.0595. The molecule has 5 heteroatoms.